The quantitative estimate of drug-likeness (QED) is 0.122. The molecule has 0 atom stereocenters. The molecule has 0 amide bonds. The van der Waals surface area contributed by atoms with Crippen molar-refractivity contribution in [3.63, 3.8) is 0 Å². The first-order valence-electron chi connectivity index (χ1n) is 13.6. The summed E-state index contributed by atoms with van der Waals surface area (Å²) in [5, 5.41) is 0. The summed E-state index contributed by atoms with van der Waals surface area (Å²) in [6, 6.07) is 0. The fourth-order valence-electron chi connectivity index (χ4n) is 3.82. The molecular formula is C27H56S2. The van der Waals surface area contributed by atoms with Crippen LogP contribution in [-0.4, -0.2) is 23.0 Å². The van der Waals surface area contributed by atoms with Gasteiger partial charge < -0.3 is 0 Å². The predicted molar refractivity (Wildman–Crippen MR) is 143 cm³/mol. The molecule has 0 nitrogen and oxygen atoms in total. The largest absolute Gasteiger partial charge is 0.162 e. The molecule has 0 aliphatic carbocycles. The van der Waals surface area contributed by atoms with E-state index in [2.05, 4.69) is 37.4 Å². The van der Waals surface area contributed by atoms with E-state index in [1.807, 2.05) is 0 Å². The van der Waals surface area contributed by atoms with E-state index in [1.165, 1.54) is 158 Å². The molecule has 0 unspecified atom stereocenters. The zero-order chi connectivity index (χ0) is 21.1. The van der Waals surface area contributed by atoms with Crippen LogP contribution in [0.4, 0.5) is 0 Å². The minimum atomic E-state index is 1.37. The van der Waals surface area contributed by atoms with Crippen molar-refractivity contribution >= 4 is 23.5 Å². The maximum atomic E-state index is 2.30. The summed E-state index contributed by atoms with van der Waals surface area (Å²) in [4.78, 5) is 0. The van der Waals surface area contributed by atoms with Crippen LogP contribution in [0, 0.1) is 0 Å². The zero-order valence-electron chi connectivity index (χ0n) is 20.5. The van der Waals surface area contributed by atoms with Gasteiger partial charge in [-0.15, -0.1) is 0 Å². The average Bonchev–Trinajstić information content (AvgIpc) is 2.74. The smallest absolute Gasteiger partial charge is 0.00675 e. The summed E-state index contributed by atoms with van der Waals surface area (Å²) in [5.74, 6) is 5.63. The van der Waals surface area contributed by atoms with Gasteiger partial charge in [-0.1, -0.05) is 123 Å². The summed E-state index contributed by atoms with van der Waals surface area (Å²) in [6.07, 6.45) is 30.5. The Labute approximate surface area is 194 Å². The van der Waals surface area contributed by atoms with Crippen molar-refractivity contribution < 1.29 is 0 Å². The highest BCUT2D eigenvalue weighted by Gasteiger charge is 1.96. The van der Waals surface area contributed by atoms with Crippen molar-refractivity contribution in [2.24, 2.45) is 0 Å². The van der Waals surface area contributed by atoms with Gasteiger partial charge in [0, 0.05) is 0 Å². The molecule has 0 aliphatic rings. The van der Waals surface area contributed by atoms with E-state index >= 15 is 0 Å². The Morgan fingerprint density at radius 3 is 0.724 bits per heavy atom. The topological polar surface area (TPSA) is 0 Å². The van der Waals surface area contributed by atoms with Crippen LogP contribution in [0.1, 0.15) is 149 Å². The van der Waals surface area contributed by atoms with Crippen LogP contribution in [0.5, 0.6) is 0 Å². The van der Waals surface area contributed by atoms with Crippen LogP contribution in [-0.2, 0) is 0 Å². The lowest BCUT2D eigenvalue weighted by Gasteiger charge is -2.04. The maximum Gasteiger partial charge on any atom is -0.00675 e. The standard InChI is InChI=1S/C27H56S2/c1-3-5-7-9-16-20-24-28-26-22-18-14-12-11-13-15-19-23-27-29-25-21-17-10-8-6-4-2/h3-27H2,1-2H3. The summed E-state index contributed by atoms with van der Waals surface area (Å²) in [7, 11) is 0. The van der Waals surface area contributed by atoms with Gasteiger partial charge in [-0.25, -0.2) is 0 Å². The summed E-state index contributed by atoms with van der Waals surface area (Å²) >= 11 is 4.41. The molecule has 0 aromatic rings. The Balaban J connectivity index is 2.97. The Morgan fingerprint density at radius 2 is 0.483 bits per heavy atom. The molecule has 0 bridgehead atoms. The molecule has 176 valence electrons. The monoisotopic (exact) mass is 444 g/mol. The second kappa shape index (κ2) is 28.7. The van der Waals surface area contributed by atoms with Crippen molar-refractivity contribution in [2.45, 2.75) is 149 Å². The fraction of sp³-hybridized carbons (Fsp3) is 1.00. The number of unbranched alkanes of at least 4 members (excludes halogenated alkanes) is 18. The Hall–Kier alpha value is 0.700. The average molecular weight is 445 g/mol. The molecule has 29 heavy (non-hydrogen) atoms. The second-order valence-electron chi connectivity index (χ2n) is 8.94. The Bertz CT molecular complexity index is 241. The molecule has 0 N–H and O–H groups in total. The van der Waals surface area contributed by atoms with E-state index < -0.39 is 0 Å². The van der Waals surface area contributed by atoms with E-state index in [1.54, 1.807) is 0 Å². The minimum Gasteiger partial charge on any atom is -0.162 e. The van der Waals surface area contributed by atoms with Gasteiger partial charge in [0.15, 0.2) is 0 Å². The molecule has 2 heteroatoms. The fourth-order valence-corrected chi connectivity index (χ4v) is 5.86. The van der Waals surface area contributed by atoms with E-state index in [4.69, 9.17) is 0 Å². The highest BCUT2D eigenvalue weighted by molar-refractivity contribution is 7.99. The van der Waals surface area contributed by atoms with Gasteiger partial charge in [-0.3, -0.25) is 0 Å². The molecular weight excluding hydrogens is 388 g/mol. The third-order valence-corrected chi connectivity index (χ3v) is 8.17. The summed E-state index contributed by atoms with van der Waals surface area (Å²) in [5.41, 5.74) is 0. The minimum absolute atomic E-state index is 1.37. The Morgan fingerprint density at radius 1 is 0.276 bits per heavy atom. The van der Waals surface area contributed by atoms with E-state index in [0.717, 1.165) is 0 Å². The molecule has 0 aliphatic heterocycles. The first-order chi connectivity index (χ1) is 14.4. The molecule has 0 rings (SSSR count). The van der Waals surface area contributed by atoms with Gasteiger partial charge in [0.1, 0.15) is 0 Å². The lowest BCUT2D eigenvalue weighted by atomic mass is 10.1. The second-order valence-corrected chi connectivity index (χ2v) is 11.4. The third kappa shape index (κ3) is 28.7. The van der Waals surface area contributed by atoms with Crippen LogP contribution in [0.25, 0.3) is 0 Å². The van der Waals surface area contributed by atoms with Gasteiger partial charge in [0.25, 0.3) is 0 Å². The maximum absolute atomic E-state index is 2.30. The van der Waals surface area contributed by atoms with Crippen LogP contribution in [0.3, 0.4) is 0 Å². The molecule has 0 aromatic carbocycles. The van der Waals surface area contributed by atoms with Crippen LogP contribution < -0.4 is 0 Å². The highest BCUT2D eigenvalue weighted by Crippen LogP contribution is 2.15. The SMILES string of the molecule is CCCCCCCCSCCCCCCCCCCCSCCCCCCCC. The number of thioether (sulfide) groups is 2. The zero-order valence-corrected chi connectivity index (χ0v) is 22.1. The molecule has 0 saturated carbocycles. The van der Waals surface area contributed by atoms with Crippen molar-refractivity contribution in [1.29, 1.82) is 0 Å². The number of rotatable bonds is 26. The number of hydrogen-bond donors (Lipinski definition) is 0. The predicted octanol–water partition coefficient (Wildman–Crippen LogP) is 10.7. The lowest BCUT2D eigenvalue weighted by Crippen LogP contribution is -1.88. The van der Waals surface area contributed by atoms with Crippen LogP contribution in [0.15, 0.2) is 0 Å². The van der Waals surface area contributed by atoms with Gasteiger partial charge in [-0.05, 0) is 48.7 Å². The normalized spacial score (nSPS) is 11.4. The molecule has 0 fully saturated rings. The highest BCUT2D eigenvalue weighted by atomic mass is 32.2. The number of hydrogen-bond acceptors (Lipinski definition) is 2. The van der Waals surface area contributed by atoms with Crippen molar-refractivity contribution in [1.82, 2.24) is 0 Å². The lowest BCUT2D eigenvalue weighted by molar-refractivity contribution is 0.574. The van der Waals surface area contributed by atoms with Crippen molar-refractivity contribution in [2.75, 3.05) is 23.0 Å². The third-order valence-electron chi connectivity index (χ3n) is 5.86. The molecule has 0 saturated heterocycles. The van der Waals surface area contributed by atoms with Gasteiger partial charge >= 0.3 is 0 Å². The molecule has 0 heterocycles. The summed E-state index contributed by atoms with van der Waals surface area (Å²) < 4.78 is 0. The summed E-state index contributed by atoms with van der Waals surface area (Å²) in [6.45, 7) is 4.60. The van der Waals surface area contributed by atoms with Gasteiger partial charge in [0.2, 0.25) is 0 Å². The first-order valence-corrected chi connectivity index (χ1v) is 15.9. The first kappa shape index (κ1) is 29.7. The van der Waals surface area contributed by atoms with E-state index in [9.17, 15) is 0 Å². The van der Waals surface area contributed by atoms with Crippen LogP contribution in [0.2, 0.25) is 0 Å². The molecule has 0 aromatic heterocycles. The molecule has 0 radical (unpaired) electrons. The van der Waals surface area contributed by atoms with E-state index in [-0.39, 0.29) is 0 Å². The van der Waals surface area contributed by atoms with Crippen LogP contribution >= 0.6 is 23.5 Å². The Kier molecular flexibility index (Phi) is 29.4. The van der Waals surface area contributed by atoms with Gasteiger partial charge in [-0.2, -0.15) is 23.5 Å². The van der Waals surface area contributed by atoms with Crippen molar-refractivity contribution in [3.05, 3.63) is 0 Å². The van der Waals surface area contributed by atoms with Gasteiger partial charge in [0.05, 0.1) is 0 Å². The molecule has 0 spiro atoms. The van der Waals surface area contributed by atoms with E-state index in [0.29, 0.717) is 0 Å². The van der Waals surface area contributed by atoms with Crippen molar-refractivity contribution in [3.8, 4) is 0 Å².